The first-order chi connectivity index (χ1) is 12.1. The number of alkyl halides is 3. The van der Waals surface area contributed by atoms with E-state index in [1.54, 1.807) is 18.2 Å². The van der Waals surface area contributed by atoms with Gasteiger partial charge in [0.1, 0.15) is 6.17 Å². The average Bonchev–Trinajstić information content (AvgIpc) is 2.55. The van der Waals surface area contributed by atoms with Gasteiger partial charge in [-0.2, -0.15) is 0 Å². The minimum atomic E-state index is -1.84. The van der Waals surface area contributed by atoms with Crippen LogP contribution in [0.1, 0.15) is 15.9 Å². The summed E-state index contributed by atoms with van der Waals surface area (Å²) in [4.78, 5) is 12.4. The summed E-state index contributed by atoms with van der Waals surface area (Å²) < 4.78 is -1.84. The molecule has 0 aliphatic carbocycles. The van der Waals surface area contributed by atoms with E-state index in [0.29, 0.717) is 10.6 Å². The van der Waals surface area contributed by atoms with Crippen molar-refractivity contribution in [2.24, 2.45) is 0 Å². The first kappa shape index (κ1) is 21.1. The first-order valence-corrected chi connectivity index (χ1v) is 9.34. The van der Waals surface area contributed by atoms with E-state index in [1.807, 2.05) is 31.2 Å². The molecule has 2 aromatic rings. The zero-order chi connectivity index (χ0) is 19.3. The monoisotopic (exact) mass is 449 g/mol. The fourth-order valence-electron chi connectivity index (χ4n) is 1.98. The number of amides is 1. The predicted octanol–water partition coefficient (Wildman–Crippen LogP) is 5.06. The third-order valence-electron chi connectivity index (χ3n) is 3.27. The number of nitrogens with one attached hydrogen (secondary N) is 3. The highest BCUT2D eigenvalue weighted by molar-refractivity contribution is 7.80. The van der Waals surface area contributed by atoms with Gasteiger partial charge in [-0.1, -0.05) is 70.2 Å². The molecule has 0 saturated heterocycles. The van der Waals surface area contributed by atoms with Crippen LogP contribution in [0.15, 0.2) is 48.5 Å². The zero-order valence-corrected chi connectivity index (χ0v) is 17.4. The van der Waals surface area contributed by atoms with Crippen LogP contribution in [0.25, 0.3) is 0 Å². The zero-order valence-electron chi connectivity index (χ0n) is 13.5. The summed E-state index contributed by atoms with van der Waals surface area (Å²) >= 11 is 29.0. The third kappa shape index (κ3) is 6.49. The molecule has 0 saturated carbocycles. The lowest BCUT2D eigenvalue weighted by Gasteiger charge is -2.27. The Kier molecular flexibility index (Phi) is 7.38. The van der Waals surface area contributed by atoms with Crippen molar-refractivity contribution in [2.75, 3.05) is 5.32 Å². The number of hydrogen-bond acceptors (Lipinski definition) is 2. The van der Waals surface area contributed by atoms with Gasteiger partial charge in [-0.3, -0.25) is 4.79 Å². The van der Waals surface area contributed by atoms with Gasteiger partial charge in [-0.25, -0.2) is 0 Å². The molecule has 0 aliphatic rings. The molecule has 138 valence electrons. The molecule has 0 aliphatic heterocycles. The van der Waals surface area contributed by atoms with Crippen molar-refractivity contribution < 1.29 is 4.79 Å². The fraction of sp³-hybridized carbons (Fsp3) is 0.176. The van der Waals surface area contributed by atoms with Gasteiger partial charge in [-0.15, -0.1) is 0 Å². The summed E-state index contributed by atoms with van der Waals surface area (Å²) in [7, 11) is 0. The highest BCUT2D eigenvalue weighted by Crippen LogP contribution is 2.29. The Balaban J connectivity index is 2.06. The Morgan fingerprint density at radius 3 is 2.31 bits per heavy atom. The lowest BCUT2D eigenvalue weighted by Crippen LogP contribution is -2.56. The molecule has 4 nitrogen and oxygen atoms in total. The lowest BCUT2D eigenvalue weighted by atomic mass is 10.2. The maximum absolute atomic E-state index is 12.4. The van der Waals surface area contributed by atoms with E-state index in [0.717, 1.165) is 11.3 Å². The third-order valence-corrected chi connectivity index (χ3v) is 4.38. The minimum Gasteiger partial charge on any atom is -0.339 e. The van der Waals surface area contributed by atoms with E-state index in [2.05, 4.69) is 16.0 Å². The maximum Gasteiger partial charge on any atom is 0.253 e. The minimum absolute atomic E-state index is 0.191. The van der Waals surface area contributed by atoms with Gasteiger partial charge in [0.05, 0.1) is 0 Å². The lowest BCUT2D eigenvalue weighted by molar-refractivity contribution is 0.0934. The summed E-state index contributed by atoms with van der Waals surface area (Å²) in [6.07, 6.45) is -1.07. The summed E-state index contributed by atoms with van der Waals surface area (Å²) in [6.45, 7) is 1.98. The van der Waals surface area contributed by atoms with Crippen LogP contribution >= 0.6 is 58.6 Å². The van der Waals surface area contributed by atoms with E-state index in [4.69, 9.17) is 58.6 Å². The van der Waals surface area contributed by atoms with Crippen LogP contribution in [-0.2, 0) is 0 Å². The quantitative estimate of drug-likeness (QED) is 0.346. The van der Waals surface area contributed by atoms with Gasteiger partial charge in [-0.05, 0) is 49.5 Å². The molecule has 0 unspecified atom stereocenters. The van der Waals surface area contributed by atoms with Crippen LogP contribution in [0.3, 0.4) is 0 Å². The van der Waals surface area contributed by atoms with Gasteiger partial charge in [0.25, 0.3) is 5.91 Å². The van der Waals surface area contributed by atoms with Crippen LogP contribution in [0.2, 0.25) is 5.02 Å². The number of anilines is 1. The van der Waals surface area contributed by atoms with Crippen molar-refractivity contribution in [3.8, 4) is 0 Å². The number of rotatable bonds is 4. The van der Waals surface area contributed by atoms with Crippen molar-refractivity contribution in [3.05, 3.63) is 64.7 Å². The van der Waals surface area contributed by atoms with Gasteiger partial charge in [0.15, 0.2) is 5.11 Å². The van der Waals surface area contributed by atoms with Crippen LogP contribution in [-0.4, -0.2) is 21.0 Å². The fourth-order valence-corrected chi connectivity index (χ4v) is 2.73. The SMILES string of the molecule is Cc1ccc(NC(=S)N[C@H](NC(=O)c2cccc(Cl)c2)C(Cl)(Cl)Cl)cc1. The molecule has 0 fully saturated rings. The number of aryl methyl sites for hydroxylation is 1. The Bertz CT molecular complexity index is 793. The second kappa shape index (κ2) is 9.11. The van der Waals surface area contributed by atoms with Crippen LogP contribution in [0, 0.1) is 6.92 Å². The Morgan fingerprint density at radius 2 is 1.73 bits per heavy atom. The number of thiocarbonyl (C=S) groups is 1. The van der Waals surface area contributed by atoms with Crippen LogP contribution in [0.4, 0.5) is 5.69 Å². The molecule has 9 heteroatoms. The molecule has 0 bridgehead atoms. The standard InChI is InChI=1S/C17H15Cl4N3OS/c1-10-5-7-13(8-6-10)22-16(26)24-15(17(19,20)21)23-14(25)11-3-2-4-12(18)9-11/h2-9,15H,1H3,(H,23,25)(H2,22,24,26)/t15-/m0/s1. The summed E-state index contributed by atoms with van der Waals surface area (Å²) in [5.41, 5.74) is 2.20. The van der Waals surface area contributed by atoms with Crippen LogP contribution in [0.5, 0.6) is 0 Å². The molecule has 26 heavy (non-hydrogen) atoms. The highest BCUT2D eigenvalue weighted by Gasteiger charge is 2.34. The molecular formula is C17H15Cl4N3OS. The Hall–Kier alpha value is -1.24. The Morgan fingerprint density at radius 1 is 1.08 bits per heavy atom. The molecule has 0 aromatic heterocycles. The average molecular weight is 451 g/mol. The molecule has 1 amide bonds. The molecule has 0 spiro atoms. The number of halogens is 4. The Labute approximate surface area is 177 Å². The molecule has 1 atom stereocenters. The topological polar surface area (TPSA) is 53.2 Å². The van der Waals surface area contributed by atoms with E-state index in [-0.39, 0.29) is 5.11 Å². The smallest absolute Gasteiger partial charge is 0.253 e. The maximum atomic E-state index is 12.4. The van der Waals surface area contributed by atoms with Crippen LogP contribution < -0.4 is 16.0 Å². The highest BCUT2D eigenvalue weighted by atomic mass is 35.6. The molecule has 2 aromatic carbocycles. The van der Waals surface area contributed by atoms with Gasteiger partial charge < -0.3 is 16.0 Å². The van der Waals surface area contributed by atoms with Gasteiger partial charge in [0, 0.05) is 16.3 Å². The van der Waals surface area contributed by atoms with Gasteiger partial charge >= 0.3 is 0 Å². The number of carbonyl (C=O) groups is 1. The first-order valence-electron chi connectivity index (χ1n) is 7.42. The largest absolute Gasteiger partial charge is 0.339 e. The molecule has 2 rings (SSSR count). The normalized spacial score (nSPS) is 12.2. The van der Waals surface area contributed by atoms with E-state index >= 15 is 0 Å². The molecular weight excluding hydrogens is 436 g/mol. The summed E-state index contributed by atoms with van der Waals surface area (Å²) in [5.74, 6) is -0.463. The second-order valence-electron chi connectivity index (χ2n) is 5.42. The second-order valence-corrected chi connectivity index (χ2v) is 8.64. The number of benzene rings is 2. The van der Waals surface area contributed by atoms with Crippen molar-refractivity contribution in [1.82, 2.24) is 10.6 Å². The summed E-state index contributed by atoms with van der Waals surface area (Å²) in [6, 6.07) is 14.0. The summed E-state index contributed by atoms with van der Waals surface area (Å²) in [5, 5.41) is 8.97. The van der Waals surface area contributed by atoms with Crippen molar-refractivity contribution >= 4 is 75.3 Å². The van der Waals surface area contributed by atoms with Crippen molar-refractivity contribution in [3.63, 3.8) is 0 Å². The van der Waals surface area contributed by atoms with E-state index in [1.165, 1.54) is 6.07 Å². The number of hydrogen-bond donors (Lipinski definition) is 3. The van der Waals surface area contributed by atoms with Crippen molar-refractivity contribution in [2.45, 2.75) is 16.9 Å². The molecule has 3 N–H and O–H groups in total. The van der Waals surface area contributed by atoms with Gasteiger partial charge in [0.2, 0.25) is 3.79 Å². The van der Waals surface area contributed by atoms with E-state index in [9.17, 15) is 4.79 Å². The van der Waals surface area contributed by atoms with E-state index < -0.39 is 15.9 Å². The van der Waals surface area contributed by atoms with Crippen molar-refractivity contribution in [1.29, 1.82) is 0 Å². The molecule has 0 heterocycles. The predicted molar refractivity (Wildman–Crippen MR) is 114 cm³/mol. The number of carbonyl (C=O) groups excluding carboxylic acids is 1. The molecule has 0 radical (unpaired) electrons.